The number of fused-ring (bicyclic) bond motifs is 1. The number of nitrogens with two attached hydrogens (primary N) is 1. The van der Waals surface area contributed by atoms with Crippen LogP contribution in [0.15, 0.2) is 40.7 Å². The maximum Gasteiger partial charge on any atom is 0.182 e. The molecular formula is C23H27F2N5O2. The van der Waals surface area contributed by atoms with Crippen LogP contribution in [0.3, 0.4) is 0 Å². The molecule has 2 aromatic carbocycles. The predicted molar refractivity (Wildman–Crippen MR) is 117 cm³/mol. The lowest BCUT2D eigenvalue weighted by molar-refractivity contribution is -0.0382. The molecule has 1 aliphatic carbocycles. The van der Waals surface area contributed by atoms with Crippen molar-refractivity contribution in [2.24, 2.45) is 16.2 Å². The lowest BCUT2D eigenvalue weighted by atomic mass is 9.92. The van der Waals surface area contributed by atoms with Gasteiger partial charge >= 0.3 is 0 Å². The molecule has 0 atom stereocenters. The highest BCUT2D eigenvalue weighted by Crippen LogP contribution is 2.34. The third kappa shape index (κ3) is 4.88. The summed E-state index contributed by atoms with van der Waals surface area (Å²) in [7, 11) is 1.66. The lowest BCUT2D eigenvalue weighted by Crippen LogP contribution is -2.39. The van der Waals surface area contributed by atoms with Gasteiger partial charge in [-0.25, -0.2) is 8.78 Å². The van der Waals surface area contributed by atoms with Crippen molar-refractivity contribution >= 4 is 11.5 Å². The van der Waals surface area contributed by atoms with E-state index in [0.29, 0.717) is 38.1 Å². The first kappa shape index (κ1) is 22.1. The maximum absolute atomic E-state index is 14.7. The monoisotopic (exact) mass is 443 g/mol. The Hall–Kier alpha value is -3.07. The first-order valence-electron chi connectivity index (χ1n) is 10.7. The fourth-order valence-electron chi connectivity index (χ4n) is 4.20. The van der Waals surface area contributed by atoms with Crippen LogP contribution in [-0.4, -0.2) is 31.7 Å². The van der Waals surface area contributed by atoms with Crippen LogP contribution in [0.1, 0.15) is 36.0 Å². The summed E-state index contributed by atoms with van der Waals surface area (Å²) in [5.41, 5.74) is 3.57. The number of hydrogen-bond acceptors (Lipinski definition) is 5. The number of rotatable bonds is 7. The number of ether oxygens (including phenoxy) is 2. The second-order valence-corrected chi connectivity index (χ2v) is 8.24. The van der Waals surface area contributed by atoms with Gasteiger partial charge in [-0.2, -0.15) is 0 Å². The van der Waals surface area contributed by atoms with Gasteiger partial charge in [0.1, 0.15) is 17.7 Å². The van der Waals surface area contributed by atoms with Gasteiger partial charge in [0.05, 0.1) is 11.8 Å². The van der Waals surface area contributed by atoms with Gasteiger partial charge in [-0.15, -0.1) is 5.11 Å². The third-order valence-corrected chi connectivity index (χ3v) is 6.12. The fraction of sp³-hybridized carbons (Fsp3) is 0.435. The van der Waals surface area contributed by atoms with Gasteiger partial charge in [-0.05, 0) is 29.5 Å². The molecule has 3 N–H and O–H groups in total. The van der Waals surface area contributed by atoms with E-state index in [4.69, 9.17) is 20.7 Å². The fourth-order valence-corrected chi connectivity index (χ4v) is 4.20. The Labute approximate surface area is 185 Å². The lowest BCUT2D eigenvalue weighted by Gasteiger charge is -2.35. The highest BCUT2D eigenvalue weighted by Gasteiger charge is 2.31. The second-order valence-electron chi connectivity index (χ2n) is 8.24. The number of nitrogens with one attached hydrogen (secondary N) is 1. The first-order chi connectivity index (χ1) is 15.5. The van der Waals surface area contributed by atoms with Crippen LogP contribution in [-0.2, 0) is 24.1 Å². The van der Waals surface area contributed by atoms with Crippen LogP contribution in [0.25, 0.3) is 0 Å². The highest BCUT2D eigenvalue weighted by molar-refractivity contribution is 5.79. The Morgan fingerprint density at radius 2 is 2.00 bits per heavy atom. The van der Waals surface area contributed by atoms with Crippen molar-refractivity contribution < 1.29 is 18.3 Å². The van der Waals surface area contributed by atoms with Gasteiger partial charge < -0.3 is 20.2 Å². The van der Waals surface area contributed by atoms with E-state index in [1.54, 1.807) is 13.2 Å². The Kier molecular flexibility index (Phi) is 6.64. The summed E-state index contributed by atoms with van der Waals surface area (Å²) in [6, 6.07) is 8.83. The molecule has 7 nitrogen and oxygen atoms in total. The van der Waals surface area contributed by atoms with Gasteiger partial charge in [-0.3, -0.25) is 5.41 Å². The Morgan fingerprint density at radius 1 is 1.19 bits per heavy atom. The molecule has 170 valence electrons. The quantitative estimate of drug-likeness (QED) is 0.219. The zero-order valence-electron chi connectivity index (χ0n) is 18.0. The molecule has 0 spiro atoms. The highest BCUT2D eigenvalue weighted by atomic mass is 19.2. The molecule has 1 aliphatic heterocycles. The molecule has 0 radical (unpaired) electrons. The van der Waals surface area contributed by atoms with Crippen molar-refractivity contribution in [3.05, 3.63) is 58.7 Å². The summed E-state index contributed by atoms with van der Waals surface area (Å²) in [5.74, 6) is 3.70. The summed E-state index contributed by atoms with van der Waals surface area (Å²) >= 11 is 0. The number of aryl methyl sites for hydroxylation is 1. The topological polar surface area (TPSA) is 96.3 Å². The molecule has 0 bridgehead atoms. The standard InChI is InChI=1S/C23H27F2N5O2/c1-31-17-9-18(10-17)32-19-11-20(24)23(25)21(12-19)30-7-6-15-8-14(2-4-16(15)13-30)3-5-22(26)28-29-27/h2,4,8,11-12,17-18H,3,5-7,9-10,13H2,1H3,(H3,26,27,28). The van der Waals surface area contributed by atoms with Gasteiger partial charge in [0.25, 0.3) is 0 Å². The minimum absolute atomic E-state index is 0.0361. The smallest absolute Gasteiger partial charge is 0.182 e. The van der Waals surface area contributed by atoms with Crippen LogP contribution in [0.4, 0.5) is 14.5 Å². The molecule has 32 heavy (non-hydrogen) atoms. The van der Waals surface area contributed by atoms with Crippen molar-refractivity contribution in [1.29, 1.82) is 5.41 Å². The molecule has 0 amide bonds. The average Bonchev–Trinajstić information content (AvgIpc) is 2.76. The number of nitrogens with zero attached hydrogens (tertiary/aromatic N) is 3. The van der Waals surface area contributed by atoms with Crippen molar-refractivity contribution in [3.8, 4) is 5.75 Å². The van der Waals surface area contributed by atoms with Gasteiger partial charge in [0.15, 0.2) is 11.6 Å². The minimum Gasteiger partial charge on any atom is -0.490 e. The Morgan fingerprint density at radius 3 is 2.75 bits per heavy atom. The first-order valence-corrected chi connectivity index (χ1v) is 10.7. The molecule has 4 rings (SSSR count). The van der Waals surface area contributed by atoms with E-state index < -0.39 is 11.6 Å². The third-order valence-electron chi connectivity index (χ3n) is 6.12. The molecule has 1 fully saturated rings. The minimum atomic E-state index is -0.904. The second kappa shape index (κ2) is 9.60. The van der Waals surface area contributed by atoms with Crippen LogP contribution >= 0.6 is 0 Å². The average molecular weight is 443 g/mol. The number of anilines is 1. The van der Waals surface area contributed by atoms with Crippen LogP contribution in [0.2, 0.25) is 0 Å². The summed E-state index contributed by atoms with van der Waals surface area (Å²) < 4.78 is 40.1. The number of halogens is 2. The van der Waals surface area contributed by atoms with E-state index in [1.807, 2.05) is 17.0 Å². The molecule has 0 unspecified atom stereocenters. The molecule has 9 heteroatoms. The van der Waals surface area contributed by atoms with Crippen LogP contribution in [0, 0.1) is 17.0 Å². The predicted octanol–water partition coefficient (Wildman–Crippen LogP) is 4.32. The number of benzene rings is 2. The zero-order chi connectivity index (χ0) is 22.7. The van der Waals surface area contributed by atoms with Gasteiger partial charge in [0, 0.05) is 51.6 Å². The molecule has 2 aromatic rings. The van der Waals surface area contributed by atoms with Crippen molar-refractivity contribution in [2.45, 2.75) is 50.9 Å². The van der Waals surface area contributed by atoms with E-state index in [1.165, 1.54) is 5.56 Å². The number of amidine groups is 1. The Balaban J connectivity index is 1.45. The molecule has 0 saturated heterocycles. The number of methoxy groups -OCH3 is 1. The van der Waals surface area contributed by atoms with Crippen LogP contribution in [0.5, 0.6) is 5.75 Å². The van der Waals surface area contributed by atoms with E-state index in [9.17, 15) is 8.78 Å². The van der Waals surface area contributed by atoms with Crippen molar-refractivity contribution in [2.75, 3.05) is 18.6 Å². The molecule has 1 heterocycles. The maximum atomic E-state index is 14.7. The zero-order valence-corrected chi connectivity index (χ0v) is 18.0. The summed E-state index contributed by atoms with van der Waals surface area (Å²) in [6.45, 7) is 1.06. The SMILES string of the molecule is COC1CC(Oc2cc(F)c(F)c(N3CCc4cc(CCC(=N)N=NN)ccc4C3)c2)C1. The summed E-state index contributed by atoms with van der Waals surface area (Å²) in [6.07, 6.45) is 3.47. The molecule has 0 aromatic heterocycles. The van der Waals surface area contributed by atoms with E-state index in [0.717, 1.165) is 30.0 Å². The normalized spacial score (nSPS) is 20.2. The van der Waals surface area contributed by atoms with E-state index >= 15 is 0 Å². The van der Waals surface area contributed by atoms with E-state index in [2.05, 4.69) is 16.4 Å². The van der Waals surface area contributed by atoms with Gasteiger partial charge in [-0.1, -0.05) is 23.4 Å². The van der Waals surface area contributed by atoms with Gasteiger partial charge in [0.2, 0.25) is 0 Å². The summed E-state index contributed by atoms with van der Waals surface area (Å²) in [5, 5.41) is 14.3. The Bertz CT molecular complexity index is 1020. The van der Waals surface area contributed by atoms with Crippen molar-refractivity contribution in [3.63, 3.8) is 0 Å². The number of hydrogen-bond donors (Lipinski definition) is 2. The molecular weight excluding hydrogens is 416 g/mol. The molecule has 1 saturated carbocycles. The van der Waals surface area contributed by atoms with Crippen LogP contribution < -0.4 is 15.5 Å². The van der Waals surface area contributed by atoms with E-state index in [-0.39, 0.29) is 23.7 Å². The molecule has 2 aliphatic rings. The largest absolute Gasteiger partial charge is 0.490 e. The summed E-state index contributed by atoms with van der Waals surface area (Å²) in [4.78, 5) is 1.85. The van der Waals surface area contributed by atoms with Crippen molar-refractivity contribution in [1.82, 2.24) is 0 Å².